The van der Waals surface area contributed by atoms with Gasteiger partial charge in [0.1, 0.15) is 5.75 Å². The van der Waals surface area contributed by atoms with Crippen LogP contribution in [0.25, 0.3) is 10.9 Å². The van der Waals surface area contributed by atoms with Gasteiger partial charge in [-0.2, -0.15) is 0 Å². The predicted molar refractivity (Wildman–Crippen MR) is 84.9 cm³/mol. The second-order valence-electron chi connectivity index (χ2n) is 5.85. The van der Waals surface area contributed by atoms with E-state index in [2.05, 4.69) is 9.88 Å². The molecule has 2 aromatic rings. The van der Waals surface area contributed by atoms with Crippen LogP contribution >= 0.6 is 0 Å². The van der Waals surface area contributed by atoms with Gasteiger partial charge in [-0.1, -0.05) is 0 Å². The Morgan fingerprint density at radius 1 is 1.41 bits per heavy atom. The van der Waals surface area contributed by atoms with Crippen LogP contribution < -0.4 is 4.74 Å². The number of methoxy groups -OCH3 is 1. The van der Waals surface area contributed by atoms with Gasteiger partial charge >= 0.3 is 0 Å². The maximum absolute atomic E-state index is 10.6. The highest BCUT2D eigenvalue weighted by Gasteiger charge is 2.21. The molecule has 2 atom stereocenters. The fraction of sp³-hybridized carbons (Fsp3) is 0.471. The largest absolute Gasteiger partial charge is 0.497 e. The first kappa shape index (κ1) is 15.2. The van der Waals surface area contributed by atoms with Crippen LogP contribution in [0.1, 0.15) is 24.5 Å². The Morgan fingerprint density at radius 2 is 2.27 bits per heavy atom. The number of aromatic nitrogens is 1. The van der Waals surface area contributed by atoms with Gasteiger partial charge in [0.15, 0.2) is 0 Å². The molecule has 0 radical (unpaired) electrons. The lowest BCUT2D eigenvalue weighted by Crippen LogP contribution is -2.40. The molecule has 2 heterocycles. The lowest BCUT2D eigenvalue weighted by molar-refractivity contribution is 0.0395. The zero-order valence-electron chi connectivity index (χ0n) is 12.8. The molecule has 0 saturated carbocycles. The third-order valence-corrected chi connectivity index (χ3v) is 4.25. The number of piperidine rings is 1. The number of nitrogens with zero attached hydrogens (tertiary/aromatic N) is 2. The summed E-state index contributed by atoms with van der Waals surface area (Å²) in [6.45, 7) is 2.07. The van der Waals surface area contributed by atoms with Crippen molar-refractivity contribution in [1.29, 1.82) is 0 Å². The van der Waals surface area contributed by atoms with Crippen molar-refractivity contribution in [3.05, 3.63) is 36.0 Å². The Hall–Kier alpha value is -1.69. The van der Waals surface area contributed by atoms with E-state index in [4.69, 9.17) is 4.74 Å². The first-order chi connectivity index (χ1) is 10.7. The van der Waals surface area contributed by atoms with Crippen molar-refractivity contribution in [2.75, 3.05) is 26.7 Å². The summed E-state index contributed by atoms with van der Waals surface area (Å²) in [7, 11) is 1.63. The Labute approximate surface area is 130 Å². The minimum absolute atomic E-state index is 0.282. The highest BCUT2D eigenvalue weighted by atomic mass is 16.5. The van der Waals surface area contributed by atoms with Gasteiger partial charge in [-0.25, -0.2) is 0 Å². The minimum atomic E-state index is -0.608. The van der Waals surface area contributed by atoms with Gasteiger partial charge < -0.3 is 14.9 Å². The predicted octanol–water partition coefficient (Wildman–Crippen LogP) is 1.73. The number of aliphatic hydroxyl groups excluding tert-OH is 2. The van der Waals surface area contributed by atoms with Crippen LogP contribution in [0, 0.1) is 0 Å². The van der Waals surface area contributed by atoms with E-state index >= 15 is 0 Å². The number of ether oxygens (including phenoxy) is 1. The summed E-state index contributed by atoms with van der Waals surface area (Å²) in [6.07, 6.45) is 2.65. The molecule has 1 aliphatic rings. The number of benzene rings is 1. The quantitative estimate of drug-likeness (QED) is 0.900. The number of hydrogen-bond donors (Lipinski definition) is 2. The number of aliphatic hydroxyl groups is 2. The topological polar surface area (TPSA) is 65.8 Å². The number of pyridine rings is 1. The van der Waals surface area contributed by atoms with E-state index in [9.17, 15) is 10.2 Å². The molecule has 0 amide bonds. The number of likely N-dealkylation sites (tertiary alicyclic amines) is 1. The zero-order valence-corrected chi connectivity index (χ0v) is 12.8. The van der Waals surface area contributed by atoms with Crippen molar-refractivity contribution in [2.24, 2.45) is 0 Å². The van der Waals surface area contributed by atoms with Crippen LogP contribution in [0.15, 0.2) is 30.5 Å². The number of rotatable bonds is 4. The molecule has 0 bridgehead atoms. The van der Waals surface area contributed by atoms with Crippen molar-refractivity contribution in [3.63, 3.8) is 0 Å². The van der Waals surface area contributed by atoms with Crippen molar-refractivity contribution < 1.29 is 14.9 Å². The average molecular weight is 302 g/mol. The van der Waals surface area contributed by atoms with E-state index < -0.39 is 6.10 Å². The number of β-amino-alcohol motifs (C(OH)–C–C–N with tert-alkyl or cyclic N) is 2. The molecule has 2 N–H and O–H groups in total. The van der Waals surface area contributed by atoms with E-state index in [1.54, 1.807) is 13.3 Å². The van der Waals surface area contributed by atoms with E-state index in [1.165, 1.54) is 0 Å². The Morgan fingerprint density at radius 3 is 3.05 bits per heavy atom. The molecule has 1 aromatic carbocycles. The van der Waals surface area contributed by atoms with E-state index in [-0.39, 0.29) is 6.10 Å². The fourth-order valence-electron chi connectivity index (χ4n) is 3.10. The van der Waals surface area contributed by atoms with E-state index in [0.29, 0.717) is 13.1 Å². The number of fused-ring (bicyclic) bond motifs is 1. The smallest absolute Gasteiger partial charge is 0.119 e. The van der Waals surface area contributed by atoms with Crippen molar-refractivity contribution in [2.45, 2.75) is 25.0 Å². The van der Waals surface area contributed by atoms with E-state index in [1.807, 2.05) is 24.3 Å². The highest BCUT2D eigenvalue weighted by molar-refractivity contribution is 5.83. The van der Waals surface area contributed by atoms with Gasteiger partial charge in [-0.05, 0) is 49.2 Å². The maximum Gasteiger partial charge on any atom is 0.119 e. The summed E-state index contributed by atoms with van der Waals surface area (Å²) in [5.74, 6) is 0.752. The monoisotopic (exact) mass is 302 g/mol. The zero-order chi connectivity index (χ0) is 15.5. The second kappa shape index (κ2) is 6.60. The minimum Gasteiger partial charge on any atom is -0.497 e. The summed E-state index contributed by atoms with van der Waals surface area (Å²) in [4.78, 5) is 6.45. The molecule has 5 nitrogen and oxygen atoms in total. The molecule has 1 fully saturated rings. The molecule has 0 unspecified atom stereocenters. The van der Waals surface area contributed by atoms with Gasteiger partial charge in [0, 0.05) is 24.7 Å². The molecule has 22 heavy (non-hydrogen) atoms. The van der Waals surface area contributed by atoms with Gasteiger partial charge in [0.2, 0.25) is 0 Å². The molecular formula is C17H22N2O3. The molecule has 5 heteroatoms. The summed E-state index contributed by atoms with van der Waals surface area (Å²) < 4.78 is 5.27. The molecule has 118 valence electrons. The molecular weight excluding hydrogens is 280 g/mol. The number of hydrogen-bond acceptors (Lipinski definition) is 5. The van der Waals surface area contributed by atoms with Crippen LogP contribution in [0.2, 0.25) is 0 Å². The van der Waals surface area contributed by atoms with Gasteiger partial charge in [-0.3, -0.25) is 9.88 Å². The summed E-state index contributed by atoms with van der Waals surface area (Å²) in [5, 5.41) is 21.3. The third-order valence-electron chi connectivity index (χ3n) is 4.25. The van der Waals surface area contributed by atoms with Crippen LogP contribution in [0.5, 0.6) is 5.75 Å². The Balaban J connectivity index is 1.85. The maximum atomic E-state index is 10.6. The van der Waals surface area contributed by atoms with Crippen LogP contribution in [-0.2, 0) is 0 Å². The summed E-state index contributed by atoms with van der Waals surface area (Å²) >= 11 is 0. The molecule has 0 spiro atoms. The van der Waals surface area contributed by atoms with Crippen LogP contribution in [0.3, 0.4) is 0 Å². The first-order valence-electron chi connectivity index (χ1n) is 7.68. The molecule has 1 saturated heterocycles. The normalized spacial score (nSPS) is 21.0. The van der Waals surface area contributed by atoms with Gasteiger partial charge in [-0.15, -0.1) is 0 Å². The van der Waals surface area contributed by atoms with Gasteiger partial charge in [0.05, 0.1) is 24.8 Å². The lowest BCUT2D eigenvalue weighted by atomic mass is 10.0. The molecule has 3 rings (SSSR count). The standard InChI is InChI=1S/C17H22N2O3/c1-22-13-4-5-16-15(9-13)14(6-7-18-16)17(21)11-19-8-2-3-12(20)10-19/h4-7,9,12,17,20-21H,2-3,8,10-11H2,1H3/t12-,17-/m0/s1. The Kier molecular flexibility index (Phi) is 4.57. The summed E-state index contributed by atoms with van der Waals surface area (Å²) in [6, 6.07) is 7.53. The van der Waals surface area contributed by atoms with Crippen molar-refractivity contribution >= 4 is 10.9 Å². The molecule has 0 aliphatic carbocycles. The van der Waals surface area contributed by atoms with Crippen LogP contribution in [-0.4, -0.2) is 52.9 Å². The van der Waals surface area contributed by atoms with Crippen molar-refractivity contribution in [1.82, 2.24) is 9.88 Å². The van der Waals surface area contributed by atoms with Crippen molar-refractivity contribution in [3.8, 4) is 5.75 Å². The average Bonchev–Trinajstić information content (AvgIpc) is 2.53. The molecule has 1 aromatic heterocycles. The highest BCUT2D eigenvalue weighted by Crippen LogP contribution is 2.27. The first-order valence-corrected chi connectivity index (χ1v) is 7.68. The third kappa shape index (κ3) is 3.21. The van der Waals surface area contributed by atoms with Crippen LogP contribution in [0.4, 0.5) is 0 Å². The van der Waals surface area contributed by atoms with E-state index in [0.717, 1.165) is 41.6 Å². The fourth-order valence-corrected chi connectivity index (χ4v) is 3.10. The SMILES string of the molecule is COc1ccc2nccc([C@@H](O)CN3CCC[C@H](O)C3)c2c1. The summed E-state index contributed by atoms with van der Waals surface area (Å²) in [5.41, 5.74) is 1.69. The second-order valence-corrected chi connectivity index (χ2v) is 5.85. The molecule has 1 aliphatic heterocycles. The Bertz CT molecular complexity index is 647. The van der Waals surface area contributed by atoms with Gasteiger partial charge in [0.25, 0.3) is 0 Å². The lowest BCUT2D eigenvalue weighted by Gasteiger charge is -2.31.